The van der Waals surface area contributed by atoms with Gasteiger partial charge in [-0.1, -0.05) is 6.58 Å². The van der Waals surface area contributed by atoms with Crippen molar-refractivity contribution in [1.29, 1.82) is 0 Å². The first kappa shape index (κ1) is 11.6. The van der Waals surface area contributed by atoms with Gasteiger partial charge >= 0.3 is 0 Å². The summed E-state index contributed by atoms with van der Waals surface area (Å²) in [6, 6.07) is 0. The molecular weight excluding hydrogens is 200 g/mol. The number of allylic oxidation sites excluding steroid dienone is 1. The van der Waals surface area contributed by atoms with Gasteiger partial charge in [-0.2, -0.15) is 0 Å². The lowest BCUT2D eigenvalue weighted by molar-refractivity contribution is -0.119. The summed E-state index contributed by atoms with van der Waals surface area (Å²) in [5.74, 6) is 0.147. The van der Waals surface area contributed by atoms with E-state index < -0.39 is 0 Å². The molecule has 0 saturated carbocycles. The molecule has 0 aromatic heterocycles. The minimum absolute atomic E-state index is 0.0544. The molecule has 0 aliphatic carbocycles. The fourth-order valence-corrected chi connectivity index (χ4v) is 2.84. The smallest absolute Gasteiger partial charge is 0.225 e. The third kappa shape index (κ3) is 1.88. The number of rotatable bonds is 0. The molecule has 90 valence electrons. The van der Waals surface area contributed by atoms with Crippen molar-refractivity contribution in [2.75, 3.05) is 13.1 Å². The summed E-state index contributed by atoms with van der Waals surface area (Å²) in [5, 5.41) is 2.88. The van der Waals surface area contributed by atoms with Crippen molar-refractivity contribution in [3.8, 4) is 0 Å². The van der Waals surface area contributed by atoms with Crippen LogP contribution in [0, 0.1) is 5.41 Å². The van der Waals surface area contributed by atoms with Gasteiger partial charge in [-0.25, -0.2) is 0 Å². The van der Waals surface area contributed by atoms with Crippen molar-refractivity contribution in [1.82, 2.24) is 10.2 Å². The average molecular weight is 222 g/mol. The molecule has 16 heavy (non-hydrogen) atoms. The number of piperidine rings is 1. The summed E-state index contributed by atoms with van der Waals surface area (Å²) in [7, 11) is 0. The maximum absolute atomic E-state index is 11.4. The second-order valence-corrected chi connectivity index (χ2v) is 6.14. The Labute approximate surface area is 97.9 Å². The van der Waals surface area contributed by atoms with Gasteiger partial charge in [0.2, 0.25) is 5.91 Å². The summed E-state index contributed by atoms with van der Waals surface area (Å²) in [6.45, 7) is 12.9. The molecule has 1 N–H and O–H groups in total. The molecule has 0 radical (unpaired) electrons. The Morgan fingerprint density at radius 2 is 1.88 bits per heavy atom. The summed E-state index contributed by atoms with van der Waals surface area (Å²) in [4.78, 5) is 13.9. The molecule has 1 amide bonds. The van der Waals surface area contributed by atoms with E-state index in [1.807, 2.05) is 0 Å². The lowest BCUT2D eigenvalue weighted by atomic mass is 9.75. The van der Waals surface area contributed by atoms with Crippen LogP contribution < -0.4 is 5.32 Å². The van der Waals surface area contributed by atoms with E-state index in [1.54, 1.807) is 0 Å². The zero-order valence-corrected chi connectivity index (χ0v) is 10.6. The van der Waals surface area contributed by atoms with Gasteiger partial charge in [0.25, 0.3) is 0 Å². The highest BCUT2D eigenvalue weighted by atomic mass is 16.2. The maximum atomic E-state index is 11.4. The summed E-state index contributed by atoms with van der Waals surface area (Å²) in [6.07, 6.45) is 2.76. The van der Waals surface area contributed by atoms with Gasteiger partial charge in [-0.05, 0) is 46.7 Å². The molecule has 2 fully saturated rings. The Kier molecular flexibility index (Phi) is 2.61. The fraction of sp³-hybridized carbons (Fsp3) is 0.769. The largest absolute Gasteiger partial charge is 0.330 e. The van der Waals surface area contributed by atoms with Gasteiger partial charge < -0.3 is 5.32 Å². The fourth-order valence-electron chi connectivity index (χ4n) is 2.84. The molecule has 3 nitrogen and oxygen atoms in total. The van der Waals surface area contributed by atoms with Crippen LogP contribution >= 0.6 is 0 Å². The molecule has 2 aliphatic heterocycles. The number of hydrogen-bond acceptors (Lipinski definition) is 2. The van der Waals surface area contributed by atoms with Gasteiger partial charge in [-0.15, -0.1) is 0 Å². The second-order valence-electron chi connectivity index (χ2n) is 6.14. The molecule has 0 atom stereocenters. The molecule has 0 aromatic rings. The first-order chi connectivity index (χ1) is 7.33. The number of carbonyl (C=O) groups excluding carboxylic acids is 1. The van der Waals surface area contributed by atoms with E-state index in [2.05, 4.69) is 37.6 Å². The van der Waals surface area contributed by atoms with E-state index in [0.29, 0.717) is 6.42 Å². The third-order valence-electron chi connectivity index (χ3n) is 4.10. The minimum Gasteiger partial charge on any atom is -0.330 e. The van der Waals surface area contributed by atoms with Gasteiger partial charge in [0.15, 0.2) is 0 Å². The average Bonchev–Trinajstić information content (AvgIpc) is 2.41. The van der Waals surface area contributed by atoms with Gasteiger partial charge in [0, 0.05) is 23.1 Å². The molecule has 3 heteroatoms. The van der Waals surface area contributed by atoms with Crippen LogP contribution in [-0.2, 0) is 4.79 Å². The summed E-state index contributed by atoms with van der Waals surface area (Å²) >= 11 is 0. The molecule has 2 rings (SSSR count). The van der Waals surface area contributed by atoms with E-state index >= 15 is 0 Å². The predicted molar refractivity (Wildman–Crippen MR) is 64.9 cm³/mol. The van der Waals surface area contributed by atoms with Crippen molar-refractivity contribution >= 4 is 5.91 Å². The van der Waals surface area contributed by atoms with E-state index in [-0.39, 0.29) is 16.9 Å². The number of nitrogens with zero attached hydrogens (tertiary/aromatic N) is 1. The van der Waals surface area contributed by atoms with Crippen LogP contribution in [0.5, 0.6) is 0 Å². The number of amides is 1. The Bertz CT molecular complexity index is 319. The van der Waals surface area contributed by atoms with Crippen LogP contribution in [0.25, 0.3) is 0 Å². The Morgan fingerprint density at radius 1 is 1.31 bits per heavy atom. The number of hydrogen-bond donors (Lipinski definition) is 1. The molecule has 2 aliphatic rings. The van der Waals surface area contributed by atoms with Crippen molar-refractivity contribution < 1.29 is 4.79 Å². The molecule has 0 bridgehead atoms. The van der Waals surface area contributed by atoms with E-state index in [1.165, 1.54) is 0 Å². The maximum Gasteiger partial charge on any atom is 0.225 e. The Balaban J connectivity index is 2.05. The number of nitrogens with one attached hydrogen (secondary N) is 1. The second kappa shape index (κ2) is 3.59. The topological polar surface area (TPSA) is 32.3 Å². The number of carbonyl (C=O) groups is 1. The number of likely N-dealkylation sites (tertiary alicyclic amines) is 1. The standard InChI is InChI=1S/C13H22N2O/c1-10-13(9-11(16)14-10)5-7-15(8-6-13)12(2,3)4/h1,5-9H2,2-4H3,(H,14,16). The monoisotopic (exact) mass is 222 g/mol. The van der Waals surface area contributed by atoms with Gasteiger partial charge in [0.1, 0.15) is 0 Å². The van der Waals surface area contributed by atoms with Crippen molar-refractivity contribution in [2.24, 2.45) is 5.41 Å². The van der Waals surface area contributed by atoms with Gasteiger partial charge in [-0.3, -0.25) is 9.69 Å². The van der Waals surface area contributed by atoms with Crippen LogP contribution in [-0.4, -0.2) is 29.4 Å². The van der Waals surface area contributed by atoms with Crippen LogP contribution in [0.2, 0.25) is 0 Å². The highest BCUT2D eigenvalue weighted by Gasteiger charge is 2.45. The minimum atomic E-state index is 0.0544. The first-order valence-electron chi connectivity index (χ1n) is 6.08. The van der Waals surface area contributed by atoms with E-state index in [4.69, 9.17) is 0 Å². The molecule has 0 unspecified atom stereocenters. The lowest BCUT2D eigenvalue weighted by Gasteiger charge is -2.44. The van der Waals surface area contributed by atoms with Gasteiger partial charge in [0.05, 0.1) is 0 Å². The van der Waals surface area contributed by atoms with Crippen LogP contribution in [0.15, 0.2) is 12.3 Å². The molecule has 2 saturated heterocycles. The summed E-state index contributed by atoms with van der Waals surface area (Å²) in [5.41, 5.74) is 1.24. The third-order valence-corrected chi connectivity index (χ3v) is 4.10. The van der Waals surface area contributed by atoms with E-state index in [9.17, 15) is 4.79 Å². The zero-order valence-electron chi connectivity index (χ0n) is 10.6. The van der Waals surface area contributed by atoms with Crippen LogP contribution in [0.3, 0.4) is 0 Å². The van der Waals surface area contributed by atoms with Crippen LogP contribution in [0.1, 0.15) is 40.0 Å². The molecular formula is C13H22N2O. The SMILES string of the molecule is C=C1NC(=O)CC12CCN(C(C)(C)C)CC2. The normalized spacial score (nSPS) is 26.2. The predicted octanol–water partition coefficient (Wildman–Crippen LogP) is 1.90. The van der Waals surface area contributed by atoms with Crippen molar-refractivity contribution in [2.45, 2.75) is 45.6 Å². The quantitative estimate of drug-likeness (QED) is 0.679. The Hall–Kier alpha value is -0.830. The highest BCUT2D eigenvalue weighted by molar-refractivity contribution is 5.82. The molecule has 2 heterocycles. The first-order valence-corrected chi connectivity index (χ1v) is 6.08. The zero-order chi connectivity index (χ0) is 12.0. The van der Waals surface area contributed by atoms with Crippen molar-refractivity contribution in [3.05, 3.63) is 12.3 Å². The molecule has 0 aromatic carbocycles. The van der Waals surface area contributed by atoms with E-state index in [0.717, 1.165) is 31.6 Å². The Morgan fingerprint density at radius 3 is 2.25 bits per heavy atom. The van der Waals surface area contributed by atoms with Crippen LogP contribution in [0.4, 0.5) is 0 Å². The summed E-state index contributed by atoms with van der Waals surface area (Å²) < 4.78 is 0. The highest BCUT2D eigenvalue weighted by Crippen LogP contribution is 2.44. The lowest BCUT2D eigenvalue weighted by Crippen LogP contribution is -2.49. The van der Waals surface area contributed by atoms with Crippen molar-refractivity contribution in [3.63, 3.8) is 0 Å². The molecule has 1 spiro atoms.